The summed E-state index contributed by atoms with van der Waals surface area (Å²) < 4.78 is 10.9. The second-order valence-corrected chi connectivity index (χ2v) is 5.91. The Morgan fingerprint density at radius 1 is 1.20 bits per heavy atom. The van der Waals surface area contributed by atoms with Gasteiger partial charge in [-0.05, 0) is 31.7 Å². The van der Waals surface area contributed by atoms with E-state index in [4.69, 9.17) is 9.47 Å². The molecule has 1 amide bonds. The van der Waals surface area contributed by atoms with Gasteiger partial charge in [0.15, 0.2) is 0 Å². The highest BCUT2D eigenvalue weighted by Gasteiger charge is 2.24. The summed E-state index contributed by atoms with van der Waals surface area (Å²) >= 11 is 0. The van der Waals surface area contributed by atoms with Crippen LogP contribution >= 0.6 is 0 Å². The SMILES string of the molecule is COc1cncc(OC2CCC(NC(=O)c3ccc(=O)[nH]c3)CC2)n1. The first-order valence-corrected chi connectivity index (χ1v) is 8.16. The van der Waals surface area contributed by atoms with Crippen LogP contribution in [0.25, 0.3) is 0 Å². The van der Waals surface area contributed by atoms with Gasteiger partial charge < -0.3 is 19.8 Å². The number of amides is 1. The van der Waals surface area contributed by atoms with E-state index >= 15 is 0 Å². The fraction of sp³-hybridized carbons (Fsp3) is 0.412. The third kappa shape index (κ3) is 4.56. The molecule has 2 heterocycles. The highest BCUT2D eigenvalue weighted by molar-refractivity contribution is 5.93. The van der Waals surface area contributed by atoms with Crippen molar-refractivity contribution in [3.05, 3.63) is 46.6 Å². The zero-order chi connectivity index (χ0) is 17.6. The minimum atomic E-state index is -0.227. The number of nitrogens with zero attached hydrogens (tertiary/aromatic N) is 2. The first-order chi connectivity index (χ1) is 12.1. The second kappa shape index (κ2) is 7.78. The lowest BCUT2D eigenvalue weighted by atomic mass is 9.93. The van der Waals surface area contributed by atoms with Crippen LogP contribution in [-0.2, 0) is 0 Å². The lowest BCUT2D eigenvalue weighted by Gasteiger charge is -2.29. The van der Waals surface area contributed by atoms with Gasteiger partial charge in [0.05, 0.1) is 25.1 Å². The van der Waals surface area contributed by atoms with Crippen molar-refractivity contribution in [3.63, 3.8) is 0 Å². The Balaban J connectivity index is 1.49. The van der Waals surface area contributed by atoms with E-state index in [0.717, 1.165) is 25.7 Å². The van der Waals surface area contributed by atoms with Crippen molar-refractivity contribution in [1.29, 1.82) is 0 Å². The standard InChI is InChI=1S/C17H20N4O4/c1-24-15-9-18-10-16(21-15)25-13-5-3-12(4-6-13)20-17(23)11-2-7-14(22)19-8-11/h2,7-10,12-13H,3-6H2,1H3,(H,19,22)(H,20,23). The Hall–Kier alpha value is -2.90. The van der Waals surface area contributed by atoms with E-state index in [1.54, 1.807) is 6.20 Å². The maximum Gasteiger partial charge on any atom is 0.252 e. The van der Waals surface area contributed by atoms with Gasteiger partial charge in [0, 0.05) is 18.3 Å². The van der Waals surface area contributed by atoms with Crippen LogP contribution in [0.4, 0.5) is 0 Å². The van der Waals surface area contributed by atoms with Gasteiger partial charge in [-0.2, -0.15) is 4.98 Å². The molecule has 2 aromatic rings. The molecule has 1 aliphatic carbocycles. The van der Waals surface area contributed by atoms with Gasteiger partial charge in [0.1, 0.15) is 6.10 Å². The van der Waals surface area contributed by atoms with Crippen LogP contribution in [0.15, 0.2) is 35.5 Å². The quantitative estimate of drug-likeness (QED) is 0.847. The lowest BCUT2D eigenvalue weighted by Crippen LogP contribution is -2.39. The van der Waals surface area contributed by atoms with E-state index in [1.807, 2.05) is 0 Å². The summed E-state index contributed by atoms with van der Waals surface area (Å²) in [4.78, 5) is 33.9. The number of carbonyl (C=O) groups is 1. The lowest BCUT2D eigenvalue weighted by molar-refractivity contribution is 0.0888. The fourth-order valence-corrected chi connectivity index (χ4v) is 2.80. The Morgan fingerprint density at radius 3 is 2.64 bits per heavy atom. The number of ether oxygens (including phenoxy) is 2. The predicted octanol–water partition coefficient (Wildman–Crippen LogP) is 1.29. The summed E-state index contributed by atoms with van der Waals surface area (Å²) in [5.41, 5.74) is 0.222. The zero-order valence-electron chi connectivity index (χ0n) is 13.9. The molecule has 0 spiro atoms. The van der Waals surface area contributed by atoms with Crippen molar-refractivity contribution in [2.24, 2.45) is 0 Å². The summed E-state index contributed by atoms with van der Waals surface area (Å²) in [7, 11) is 1.53. The van der Waals surface area contributed by atoms with Crippen molar-refractivity contribution < 1.29 is 14.3 Å². The fourth-order valence-electron chi connectivity index (χ4n) is 2.80. The minimum absolute atomic E-state index is 0.0441. The van der Waals surface area contributed by atoms with E-state index in [2.05, 4.69) is 20.3 Å². The number of carbonyl (C=O) groups excluding carboxylic acids is 1. The van der Waals surface area contributed by atoms with Gasteiger partial charge in [0.25, 0.3) is 5.91 Å². The molecule has 0 atom stereocenters. The highest BCUT2D eigenvalue weighted by atomic mass is 16.5. The minimum Gasteiger partial charge on any atom is -0.480 e. The Labute approximate surface area is 144 Å². The molecule has 8 heteroatoms. The third-order valence-electron chi connectivity index (χ3n) is 4.14. The van der Waals surface area contributed by atoms with Crippen LogP contribution in [0.3, 0.4) is 0 Å². The molecular formula is C17H20N4O4. The molecule has 132 valence electrons. The summed E-state index contributed by atoms with van der Waals surface area (Å²) in [6, 6.07) is 2.95. The Morgan fingerprint density at radius 2 is 1.96 bits per heavy atom. The molecule has 1 saturated carbocycles. The number of pyridine rings is 1. The molecule has 8 nitrogen and oxygen atoms in total. The van der Waals surface area contributed by atoms with Gasteiger partial charge in [0.2, 0.25) is 17.3 Å². The largest absolute Gasteiger partial charge is 0.480 e. The molecule has 2 aromatic heterocycles. The third-order valence-corrected chi connectivity index (χ3v) is 4.14. The van der Waals surface area contributed by atoms with E-state index in [0.29, 0.717) is 17.3 Å². The van der Waals surface area contributed by atoms with Crippen molar-refractivity contribution in [2.75, 3.05) is 7.11 Å². The summed E-state index contributed by atoms with van der Waals surface area (Å²) in [6.07, 6.45) is 7.82. The molecule has 0 unspecified atom stereocenters. The van der Waals surface area contributed by atoms with E-state index in [1.165, 1.54) is 31.6 Å². The van der Waals surface area contributed by atoms with Crippen LogP contribution in [0.2, 0.25) is 0 Å². The van der Waals surface area contributed by atoms with Crippen molar-refractivity contribution >= 4 is 5.91 Å². The number of aromatic amines is 1. The summed E-state index contributed by atoms with van der Waals surface area (Å²) in [6.45, 7) is 0. The van der Waals surface area contributed by atoms with Crippen molar-refractivity contribution in [2.45, 2.75) is 37.8 Å². The molecule has 1 fully saturated rings. The van der Waals surface area contributed by atoms with Crippen LogP contribution in [0, 0.1) is 0 Å². The molecular weight excluding hydrogens is 324 g/mol. The number of aromatic nitrogens is 3. The van der Waals surface area contributed by atoms with E-state index < -0.39 is 0 Å². The number of hydrogen-bond acceptors (Lipinski definition) is 6. The maximum atomic E-state index is 12.2. The number of nitrogens with one attached hydrogen (secondary N) is 2. The topological polar surface area (TPSA) is 106 Å². The zero-order valence-corrected chi connectivity index (χ0v) is 13.9. The summed E-state index contributed by atoms with van der Waals surface area (Å²) in [5.74, 6) is 0.679. The van der Waals surface area contributed by atoms with Gasteiger partial charge in [-0.25, -0.2) is 0 Å². The molecule has 0 aromatic carbocycles. The summed E-state index contributed by atoms with van der Waals surface area (Å²) in [5, 5.41) is 2.99. The Kier molecular flexibility index (Phi) is 5.27. The number of rotatable bonds is 5. The van der Waals surface area contributed by atoms with E-state index in [9.17, 15) is 9.59 Å². The number of methoxy groups -OCH3 is 1. The van der Waals surface area contributed by atoms with Gasteiger partial charge >= 0.3 is 0 Å². The molecule has 0 radical (unpaired) electrons. The molecule has 0 aliphatic heterocycles. The van der Waals surface area contributed by atoms with Crippen LogP contribution in [0.5, 0.6) is 11.8 Å². The Bertz CT molecular complexity index is 764. The van der Waals surface area contributed by atoms with Gasteiger partial charge in [-0.3, -0.25) is 14.6 Å². The molecule has 2 N–H and O–H groups in total. The highest BCUT2D eigenvalue weighted by Crippen LogP contribution is 2.23. The number of hydrogen-bond donors (Lipinski definition) is 2. The van der Waals surface area contributed by atoms with Gasteiger partial charge in [-0.1, -0.05) is 0 Å². The first kappa shape index (κ1) is 16.9. The molecule has 0 bridgehead atoms. The van der Waals surface area contributed by atoms with Gasteiger partial charge in [-0.15, -0.1) is 0 Å². The normalized spacial score (nSPS) is 19.9. The van der Waals surface area contributed by atoms with Crippen LogP contribution in [-0.4, -0.2) is 40.1 Å². The molecule has 3 rings (SSSR count). The predicted molar refractivity (Wildman–Crippen MR) is 89.8 cm³/mol. The smallest absolute Gasteiger partial charge is 0.252 e. The van der Waals surface area contributed by atoms with E-state index in [-0.39, 0.29) is 23.6 Å². The first-order valence-electron chi connectivity index (χ1n) is 8.16. The number of H-pyrrole nitrogens is 1. The van der Waals surface area contributed by atoms with Crippen LogP contribution in [0.1, 0.15) is 36.0 Å². The maximum absolute atomic E-state index is 12.2. The van der Waals surface area contributed by atoms with Crippen molar-refractivity contribution in [3.8, 4) is 11.8 Å². The average Bonchev–Trinajstić information content (AvgIpc) is 2.64. The molecule has 1 aliphatic rings. The monoisotopic (exact) mass is 344 g/mol. The second-order valence-electron chi connectivity index (χ2n) is 5.91. The molecule has 0 saturated heterocycles. The average molecular weight is 344 g/mol. The van der Waals surface area contributed by atoms with Crippen LogP contribution < -0.4 is 20.3 Å². The molecule has 25 heavy (non-hydrogen) atoms. The van der Waals surface area contributed by atoms with Crippen molar-refractivity contribution in [1.82, 2.24) is 20.3 Å².